The van der Waals surface area contributed by atoms with Gasteiger partial charge in [-0.1, -0.05) is 59.6 Å². The van der Waals surface area contributed by atoms with E-state index in [1.54, 1.807) is 6.21 Å². The Morgan fingerprint density at radius 2 is 1.80 bits per heavy atom. The molecular weight excluding hydrogens is 414 g/mol. The van der Waals surface area contributed by atoms with Crippen LogP contribution in [0.5, 0.6) is 5.75 Å². The van der Waals surface area contributed by atoms with Crippen molar-refractivity contribution in [2.45, 2.75) is 13.5 Å². The normalized spacial score (nSPS) is 11.0. The lowest BCUT2D eigenvalue weighted by atomic mass is 10.1. The van der Waals surface area contributed by atoms with Crippen LogP contribution in [0.4, 0.5) is 5.13 Å². The SMILES string of the molecule is Cc1ccc(-c2csc(N/N=C\c3ccc(OCc4ccccc4Cl)cc3)n2)cc1. The van der Waals surface area contributed by atoms with Crippen LogP contribution in [0.15, 0.2) is 83.3 Å². The first-order valence-corrected chi connectivity index (χ1v) is 10.7. The van der Waals surface area contributed by atoms with E-state index in [9.17, 15) is 0 Å². The number of hydrogen-bond acceptors (Lipinski definition) is 5. The summed E-state index contributed by atoms with van der Waals surface area (Å²) in [7, 11) is 0. The summed E-state index contributed by atoms with van der Waals surface area (Å²) in [5.74, 6) is 0.780. The molecule has 0 saturated carbocycles. The number of hydrogen-bond donors (Lipinski definition) is 1. The molecule has 0 bridgehead atoms. The molecule has 1 heterocycles. The maximum atomic E-state index is 6.16. The third-order valence-corrected chi connectivity index (χ3v) is 5.57. The van der Waals surface area contributed by atoms with Crippen LogP contribution in [0.2, 0.25) is 5.02 Å². The highest BCUT2D eigenvalue weighted by molar-refractivity contribution is 7.14. The molecule has 0 amide bonds. The van der Waals surface area contributed by atoms with Crippen molar-refractivity contribution in [3.05, 3.63) is 99.9 Å². The number of ether oxygens (including phenoxy) is 1. The molecule has 0 radical (unpaired) electrons. The van der Waals surface area contributed by atoms with Gasteiger partial charge in [-0.25, -0.2) is 4.98 Å². The van der Waals surface area contributed by atoms with Crippen LogP contribution in [-0.2, 0) is 6.61 Å². The molecule has 4 aromatic rings. The Hall–Kier alpha value is -3.15. The lowest BCUT2D eigenvalue weighted by Crippen LogP contribution is -1.96. The number of nitrogens with one attached hydrogen (secondary N) is 1. The molecule has 0 aliphatic heterocycles. The number of hydrazone groups is 1. The molecule has 0 saturated heterocycles. The quantitative estimate of drug-likeness (QED) is 0.257. The van der Waals surface area contributed by atoms with E-state index in [0.29, 0.717) is 11.6 Å². The van der Waals surface area contributed by atoms with Gasteiger partial charge in [0.1, 0.15) is 12.4 Å². The summed E-state index contributed by atoms with van der Waals surface area (Å²) in [4.78, 5) is 4.58. The fourth-order valence-electron chi connectivity index (χ4n) is 2.77. The largest absolute Gasteiger partial charge is 0.489 e. The third-order valence-electron chi connectivity index (χ3n) is 4.46. The monoisotopic (exact) mass is 433 g/mol. The topological polar surface area (TPSA) is 46.5 Å². The van der Waals surface area contributed by atoms with Crippen molar-refractivity contribution in [3.8, 4) is 17.0 Å². The van der Waals surface area contributed by atoms with Gasteiger partial charge in [0, 0.05) is 21.5 Å². The minimum Gasteiger partial charge on any atom is -0.489 e. The summed E-state index contributed by atoms with van der Waals surface area (Å²) in [6.07, 6.45) is 1.75. The Balaban J connectivity index is 1.31. The van der Waals surface area contributed by atoms with Crippen molar-refractivity contribution in [2.24, 2.45) is 5.10 Å². The lowest BCUT2D eigenvalue weighted by Gasteiger charge is -2.07. The Bertz CT molecular complexity index is 1140. The molecule has 30 heavy (non-hydrogen) atoms. The van der Waals surface area contributed by atoms with E-state index in [2.05, 4.69) is 46.7 Å². The van der Waals surface area contributed by atoms with Gasteiger partial charge >= 0.3 is 0 Å². The predicted octanol–water partition coefficient (Wildman–Crippen LogP) is 6.80. The van der Waals surface area contributed by atoms with Crippen LogP contribution in [0.25, 0.3) is 11.3 Å². The van der Waals surface area contributed by atoms with Crippen molar-refractivity contribution in [1.82, 2.24) is 4.98 Å². The van der Waals surface area contributed by atoms with Crippen LogP contribution in [0.3, 0.4) is 0 Å². The van der Waals surface area contributed by atoms with E-state index in [-0.39, 0.29) is 0 Å². The number of nitrogens with zero attached hydrogens (tertiary/aromatic N) is 2. The highest BCUT2D eigenvalue weighted by Gasteiger charge is 2.04. The molecule has 3 aromatic carbocycles. The molecule has 0 aliphatic rings. The average molecular weight is 434 g/mol. The molecule has 1 N–H and O–H groups in total. The van der Waals surface area contributed by atoms with Crippen LogP contribution in [-0.4, -0.2) is 11.2 Å². The Morgan fingerprint density at radius 3 is 2.57 bits per heavy atom. The van der Waals surface area contributed by atoms with Gasteiger partial charge in [-0.15, -0.1) is 11.3 Å². The first kappa shape index (κ1) is 20.1. The van der Waals surface area contributed by atoms with Gasteiger partial charge in [-0.05, 0) is 42.8 Å². The van der Waals surface area contributed by atoms with E-state index in [4.69, 9.17) is 16.3 Å². The highest BCUT2D eigenvalue weighted by atomic mass is 35.5. The van der Waals surface area contributed by atoms with Gasteiger partial charge in [-0.2, -0.15) is 5.10 Å². The molecule has 4 rings (SSSR count). The number of aryl methyl sites for hydroxylation is 1. The summed E-state index contributed by atoms with van der Waals surface area (Å²) < 4.78 is 5.80. The van der Waals surface area contributed by atoms with Crippen LogP contribution >= 0.6 is 22.9 Å². The van der Waals surface area contributed by atoms with Crippen molar-refractivity contribution in [3.63, 3.8) is 0 Å². The minimum absolute atomic E-state index is 0.433. The van der Waals surface area contributed by atoms with Crippen molar-refractivity contribution >= 4 is 34.3 Å². The van der Waals surface area contributed by atoms with Crippen molar-refractivity contribution in [1.29, 1.82) is 0 Å². The molecule has 0 fully saturated rings. The van der Waals surface area contributed by atoms with E-state index in [1.165, 1.54) is 16.9 Å². The minimum atomic E-state index is 0.433. The molecule has 150 valence electrons. The molecular formula is C24H20ClN3OS. The first-order chi connectivity index (χ1) is 14.7. The molecule has 0 atom stereocenters. The molecule has 6 heteroatoms. The smallest absolute Gasteiger partial charge is 0.203 e. The lowest BCUT2D eigenvalue weighted by molar-refractivity contribution is 0.306. The fourth-order valence-corrected chi connectivity index (χ4v) is 3.63. The highest BCUT2D eigenvalue weighted by Crippen LogP contribution is 2.25. The Morgan fingerprint density at radius 1 is 1.03 bits per heavy atom. The second-order valence-electron chi connectivity index (χ2n) is 6.72. The molecule has 1 aromatic heterocycles. The molecule has 0 unspecified atom stereocenters. The first-order valence-electron chi connectivity index (χ1n) is 9.45. The number of anilines is 1. The number of halogens is 1. The summed E-state index contributed by atoms with van der Waals surface area (Å²) in [5, 5.41) is 7.76. The zero-order valence-corrected chi connectivity index (χ0v) is 18.0. The zero-order valence-electron chi connectivity index (χ0n) is 16.4. The summed E-state index contributed by atoms with van der Waals surface area (Å²) in [6.45, 7) is 2.51. The van der Waals surface area contributed by atoms with E-state index in [1.807, 2.05) is 53.9 Å². The van der Waals surface area contributed by atoms with Crippen molar-refractivity contribution < 1.29 is 4.74 Å². The second-order valence-corrected chi connectivity index (χ2v) is 7.99. The third kappa shape index (κ3) is 5.26. The van der Waals surface area contributed by atoms with Gasteiger partial charge in [0.15, 0.2) is 0 Å². The average Bonchev–Trinajstić information content (AvgIpc) is 3.23. The maximum absolute atomic E-state index is 6.16. The van der Waals surface area contributed by atoms with Crippen molar-refractivity contribution in [2.75, 3.05) is 5.43 Å². The van der Waals surface area contributed by atoms with E-state index in [0.717, 1.165) is 33.3 Å². The molecule has 4 nitrogen and oxygen atoms in total. The van der Waals surface area contributed by atoms with Gasteiger partial charge < -0.3 is 4.74 Å². The fraction of sp³-hybridized carbons (Fsp3) is 0.0833. The zero-order chi connectivity index (χ0) is 20.8. The van der Waals surface area contributed by atoms with Gasteiger partial charge in [0.2, 0.25) is 5.13 Å². The van der Waals surface area contributed by atoms with Crippen LogP contribution in [0.1, 0.15) is 16.7 Å². The summed E-state index contributed by atoms with van der Waals surface area (Å²) >= 11 is 7.68. The van der Waals surface area contributed by atoms with Gasteiger partial charge in [-0.3, -0.25) is 5.43 Å². The number of aromatic nitrogens is 1. The van der Waals surface area contributed by atoms with Gasteiger partial charge in [0.25, 0.3) is 0 Å². The summed E-state index contributed by atoms with van der Waals surface area (Å²) in [6, 6.07) is 23.7. The van der Waals surface area contributed by atoms with E-state index >= 15 is 0 Å². The Kier molecular flexibility index (Phi) is 6.42. The number of benzene rings is 3. The maximum Gasteiger partial charge on any atom is 0.203 e. The standard InChI is InChI=1S/C24H20ClN3OS/c1-17-6-10-19(11-7-17)23-16-30-24(27-23)28-26-14-18-8-12-21(13-9-18)29-15-20-4-2-3-5-22(20)25/h2-14,16H,15H2,1H3,(H,27,28)/b26-14-. The number of rotatable bonds is 7. The van der Waals surface area contributed by atoms with Crippen LogP contribution in [0, 0.1) is 6.92 Å². The molecule has 0 aliphatic carbocycles. The summed E-state index contributed by atoms with van der Waals surface area (Å²) in [5.41, 5.74) is 8.19. The Labute approximate surface area is 184 Å². The second kappa shape index (κ2) is 9.57. The predicted molar refractivity (Wildman–Crippen MR) is 126 cm³/mol. The van der Waals surface area contributed by atoms with E-state index < -0.39 is 0 Å². The van der Waals surface area contributed by atoms with Gasteiger partial charge in [0.05, 0.1) is 11.9 Å². The van der Waals surface area contributed by atoms with Crippen LogP contribution < -0.4 is 10.2 Å². The molecule has 0 spiro atoms. The number of thiazole rings is 1.